The van der Waals surface area contributed by atoms with Gasteiger partial charge < -0.3 is 4.42 Å². The highest BCUT2D eigenvalue weighted by Gasteiger charge is 2.20. The average Bonchev–Trinajstić information content (AvgIpc) is 3.34. The Morgan fingerprint density at radius 3 is 2.46 bits per heavy atom. The molecule has 0 aliphatic carbocycles. The van der Waals surface area contributed by atoms with E-state index in [1.165, 1.54) is 28.5 Å². The van der Waals surface area contributed by atoms with Gasteiger partial charge in [0.2, 0.25) is 16.9 Å². The van der Waals surface area contributed by atoms with Crippen molar-refractivity contribution in [3.63, 3.8) is 0 Å². The minimum Gasteiger partial charge on any atom is -0.419 e. The van der Waals surface area contributed by atoms with E-state index in [0.29, 0.717) is 16.9 Å². The van der Waals surface area contributed by atoms with E-state index in [0.717, 1.165) is 11.3 Å². The molecule has 4 aromatic rings. The predicted molar refractivity (Wildman–Crippen MR) is 107 cm³/mol. The molecule has 0 radical (unpaired) electrons. The first kappa shape index (κ1) is 18.4. The summed E-state index contributed by atoms with van der Waals surface area (Å²) in [6.07, 6.45) is 0. The van der Waals surface area contributed by atoms with Gasteiger partial charge in [-0.1, -0.05) is 35.5 Å². The number of hydrogen-bond donors (Lipinski definition) is 0. The Balaban J connectivity index is 1.55. The minimum absolute atomic E-state index is 0.0945. The molecule has 7 nitrogen and oxygen atoms in total. The number of benzene rings is 2. The fourth-order valence-electron chi connectivity index (χ4n) is 2.69. The van der Waals surface area contributed by atoms with Crippen LogP contribution in [0.2, 0.25) is 0 Å². The van der Waals surface area contributed by atoms with Crippen LogP contribution in [-0.2, 0) is 0 Å². The summed E-state index contributed by atoms with van der Waals surface area (Å²) in [5, 5.41) is 21.1. The summed E-state index contributed by atoms with van der Waals surface area (Å²) in [6, 6.07) is 14.1. The molecule has 0 aliphatic rings. The molecule has 0 saturated heterocycles. The number of aryl methyl sites for hydroxylation is 3. The monoisotopic (exact) mass is 392 g/mol. The van der Waals surface area contributed by atoms with Crippen molar-refractivity contribution in [3.8, 4) is 17.1 Å². The summed E-state index contributed by atoms with van der Waals surface area (Å²) >= 11 is 1.48. The average molecular weight is 392 g/mol. The van der Waals surface area contributed by atoms with E-state index in [2.05, 4.69) is 51.7 Å². The Bertz CT molecular complexity index is 1100. The lowest BCUT2D eigenvalue weighted by Gasteiger charge is -2.09. The lowest BCUT2D eigenvalue weighted by Crippen LogP contribution is -2.01. The number of thioether (sulfide) groups is 1. The molecule has 2 aromatic carbocycles. The molecule has 0 amide bonds. The van der Waals surface area contributed by atoms with Crippen molar-refractivity contribution in [3.05, 3.63) is 65.0 Å². The first-order valence-corrected chi connectivity index (χ1v) is 9.82. The summed E-state index contributed by atoms with van der Waals surface area (Å²) in [5.41, 5.74) is 5.44. The number of hydrogen-bond acceptors (Lipinski definition) is 7. The van der Waals surface area contributed by atoms with Crippen LogP contribution in [0.5, 0.6) is 0 Å². The number of nitrogens with zero attached hydrogens (tertiary/aromatic N) is 6. The highest BCUT2D eigenvalue weighted by atomic mass is 32.2. The topological polar surface area (TPSA) is 82.5 Å². The Kier molecular flexibility index (Phi) is 4.95. The van der Waals surface area contributed by atoms with Crippen LogP contribution in [0.15, 0.2) is 52.0 Å². The van der Waals surface area contributed by atoms with Gasteiger partial charge in [-0.3, -0.25) is 0 Å². The van der Waals surface area contributed by atoms with Gasteiger partial charge in [-0.25, -0.2) is 0 Å². The van der Waals surface area contributed by atoms with Gasteiger partial charge in [-0.2, -0.15) is 4.68 Å². The van der Waals surface area contributed by atoms with E-state index < -0.39 is 0 Å². The summed E-state index contributed by atoms with van der Waals surface area (Å²) < 4.78 is 7.61. The lowest BCUT2D eigenvalue weighted by molar-refractivity contribution is 0.508. The van der Waals surface area contributed by atoms with Crippen LogP contribution >= 0.6 is 11.8 Å². The summed E-state index contributed by atoms with van der Waals surface area (Å²) in [7, 11) is 0. The smallest absolute Gasteiger partial charge is 0.247 e. The maximum absolute atomic E-state index is 5.88. The van der Waals surface area contributed by atoms with E-state index in [4.69, 9.17) is 4.42 Å². The molecule has 1 unspecified atom stereocenters. The van der Waals surface area contributed by atoms with E-state index in [1.807, 2.05) is 44.2 Å². The third-order valence-corrected chi connectivity index (χ3v) is 5.57. The second-order valence-electron chi connectivity index (χ2n) is 6.71. The van der Waals surface area contributed by atoms with Crippen LogP contribution in [0.1, 0.15) is 34.8 Å². The number of tetrazole rings is 1. The van der Waals surface area contributed by atoms with Gasteiger partial charge in [0.1, 0.15) is 0 Å². The zero-order chi connectivity index (χ0) is 19.7. The normalized spacial score (nSPS) is 12.3. The molecule has 0 saturated carbocycles. The second kappa shape index (κ2) is 7.55. The summed E-state index contributed by atoms with van der Waals surface area (Å²) in [4.78, 5) is 0. The zero-order valence-corrected chi connectivity index (χ0v) is 16.9. The molecule has 2 heterocycles. The van der Waals surface area contributed by atoms with Gasteiger partial charge >= 0.3 is 0 Å². The van der Waals surface area contributed by atoms with E-state index in [-0.39, 0.29) is 5.25 Å². The van der Waals surface area contributed by atoms with Crippen LogP contribution in [-0.4, -0.2) is 30.4 Å². The number of aromatic nitrogens is 6. The molecule has 8 heteroatoms. The fraction of sp³-hybridized carbons (Fsp3) is 0.250. The maximum atomic E-state index is 5.88. The zero-order valence-electron chi connectivity index (χ0n) is 16.1. The molecule has 142 valence electrons. The molecule has 0 aliphatic heterocycles. The van der Waals surface area contributed by atoms with Crippen LogP contribution < -0.4 is 0 Å². The molecule has 0 spiro atoms. The molecule has 0 fully saturated rings. The molecule has 1 atom stereocenters. The van der Waals surface area contributed by atoms with Crippen molar-refractivity contribution in [2.45, 2.75) is 38.1 Å². The quantitative estimate of drug-likeness (QED) is 0.463. The van der Waals surface area contributed by atoms with Crippen molar-refractivity contribution >= 4 is 11.8 Å². The molecule has 28 heavy (non-hydrogen) atoms. The molecule has 0 bridgehead atoms. The van der Waals surface area contributed by atoms with Crippen LogP contribution in [0, 0.1) is 20.8 Å². The molecular weight excluding hydrogens is 372 g/mol. The van der Waals surface area contributed by atoms with Gasteiger partial charge in [-0.15, -0.1) is 15.3 Å². The van der Waals surface area contributed by atoms with E-state index in [1.54, 1.807) is 4.68 Å². The van der Waals surface area contributed by atoms with Gasteiger partial charge in [0.05, 0.1) is 10.9 Å². The van der Waals surface area contributed by atoms with Crippen molar-refractivity contribution < 1.29 is 4.42 Å². The standard InChI is InChI=1S/C20H20N6OS/c1-12-5-8-16(9-6-12)19-22-21-18(27-19)15(4)28-20-23-24-25-26(20)17-10-7-13(2)14(3)11-17/h5-11,15H,1-4H3. The first-order valence-electron chi connectivity index (χ1n) is 8.94. The largest absolute Gasteiger partial charge is 0.419 e. The van der Waals surface area contributed by atoms with E-state index in [9.17, 15) is 0 Å². The van der Waals surface area contributed by atoms with Gasteiger partial charge in [0, 0.05) is 5.56 Å². The van der Waals surface area contributed by atoms with Crippen LogP contribution in [0.3, 0.4) is 0 Å². The maximum Gasteiger partial charge on any atom is 0.247 e. The molecular formula is C20H20N6OS. The van der Waals surface area contributed by atoms with Crippen molar-refractivity contribution in [2.75, 3.05) is 0 Å². The SMILES string of the molecule is Cc1ccc(-c2nnc(C(C)Sc3nnnn3-c3ccc(C)c(C)c3)o2)cc1. The first-order chi connectivity index (χ1) is 13.5. The Labute approximate surface area is 167 Å². The third-order valence-electron chi connectivity index (χ3n) is 4.55. The molecule has 2 aromatic heterocycles. The highest BCUT2D eigenvalue weighted by molar-refractivity contribution is 7.99. The van der Waals surface area contributed by atoms with Crippen molar-refractivity contribution in [2.24, 2.45) is 0 Å². The second-order valence-corrected chi connectivity index (χ2v) is 8.02. The number of rotatable bonds is 5. The van der Waals surface area contributed by atoms with Crippen LogP contribution in [0.25, 0.3) is 17.1 Å². The van der Waals surface area contributed by atoms with Gasteiger partial charge in [0.25, 0.3) is 0 Å². The van der Waals surface area contributed by atoms with E-state index >= 15 is 0 Å². The van der Waals surface area contributed by atoms with Gasteiger partial charge in [0.15, 0.2) is 0 Å². The van der Waals surface area contributed by atoms with Gasteiger partial charge in [-0.05, 0) is 73.5 Å². The Morgan fingerprint density at radius 2 is 1.71 bits per heavy atom. The summed E-state index contributed by atoms with van der Waals surface area (Å²) in [5.74, 6) is 1.05. The predicted octanol–water partition coefficient (Wildman–Crippen LogP) is 4.49. The fourth-order valence-corrected chi connectivity index (χ4v) is 3.53. The third kappa shape index (κ3) is 3.68. The van der Waals surface area contributed by atoms with Crippen molar-refractivity contribution in [1.82, 2.24) is 30.4 Å². The van der Waals surface area contributed by atoms with Crippen molar-refractivity contribution in [1.29, 1.82) is 0 Å². The molecule has 0 N–H and O–H groups in total. The lowest BCUT2D eigenvalue weighted by atomic mass is 10.1. The van der Waals surface area contributed by atoms with Crippen LogP contribution in [0.4, 0.5) is 0 Å². The summed E-state index contributed by atoms with van der Waals surface area (Å²) in [6.45, 7) is 8.19. The highest BCUT2D eigenvalue weighted by Crippen LogP contribution is 2.34. The Morgan fingerprint density at radius 1 is 0.929 bits per heavy atom. The Hall–Kier alpha value is -3.00. The minimum atomic E-state index is -0.0945. The molecule has 4 rings (SSSR count).